The summed E-state index contributed by atoms with van der Waals surface area (Å²) < 4.78 is 0. The smallest absolute Gasteiger partial charge is 0.101 e. The molecule has 0 bridgehead atoms. The lowest BCUT2D eigenvalue weighted by atomic mass is 10.0. The maximum Gasteiger partial charge on any atom is 0.101 e. The normalized spacial score (nSPS) is 19.2. The van der Waals surface area contributed by atoms with Crippen LogP contribution in [0.4, 0.5) is 5.69 Å². The van der Waals surface area contributed by atoms with Gasteiger partial charge in [-0.2, -0.15) is 0 Å². The van der Waals surface area contributed by atoms with Crippen LogP contribution in [-0.2, 0) is 0 Å². The van der Waals surface area contributed by atoms with E-state index in [0.717, 1.165) is 18.2 Å². The average molecular weight is 244 g/mol. The first kappa shape index (κ1) is 13.1. The van der Waals surface area contributed by atoms with Crippen molar-refractivity contribution < 1.29 is 0 Å². The first-order valence-corrected chi connectivity index (χ1v) is 6.96. The van der Waals surface area contributed by atoms with E-state index in [0.29, 0.717) is 6.04 Å². The van der Waals surface area contributed by atoms with E-state index in [1.54, 1.807) is 0 Å². The number of aryl methyl sites for hydroxylation is 1. The highest BCUT2D eigenvalue weighted by molar-refractivity contribution is 5.97. The van der Waals surface area contributed by atoms with E-state index in [-0.39, 0.29) is 0 Å². The maximum absolute atomic E-state index is 4.80. The van der Waals surface area contributed by atoms with Crippen molar-refractivity contribution in [3.63, 3.8) is 0 Å². The number of hydrogen-bond donors (Lipinski definition) is 1. The summed E-state index contributed by atoms with van der Waals surface area (Å²) in [6.45, 7) is 8.86. The number of nitrogens with zero attached hydrogens (tertiary/aromatic N) is 1. The van der Waals surface area contributed by atoms with Crippen molar-refractivity contribution in [2.75, 3.05) is 5.32 Å². The Morgan fingerprint density at radius 3 is 2.83 bits per heavy atom. The van der Waals surface area contributed by atoms with Crippen LogP contribution < -0.4 is 5.32 Å². The van der Waals surface area contributed by atoms with Crippen molar-refractivity contribution in [2.24, 2.45) is 10.9 Å². The summed E-state index contributed by atoms with van der Waals surface area (Å²) in [5.74, 6) is 1.90. The molecule has 0 saturated heterocycles. The molecule has 1 heterocycles. The van der Waals surface area contributed by atoms with Gasteiger partial charge in [0.2, 0.25) is 0 Å². The van der Waals surface area contributed by atoms with Crippen LogP contribution in [0.15, 0.2) is 23.2 Å². The second kappa shape index (κ2) is 5.55. The molecule has 0 aromatic heterocycles. The van der Waals surface area contributed by atoms with E-state index in [1.807, 2.05) is 0 Å². The van der Waals surface area contributed by atoms with Gasteiger partial charge < -0.3 is 5.32 Å². The van der Waals surface area contributed by atoms with Crippen LogP contribution in [0, 0.1) is 19.8 Å². The molecule has 18 heavy (non-hydrogen) atoms. The monoisotopic (exact) mass is 244 g/mol. The largest absolute Gasteiger partial charge is 0.344 e. The highest BCUT2D eigenvalue weighted by Gasteiger charge is 2.18. The third kappa shape index (κ3) is 3.12. The van der Waals surface area contributed by atoms with Gasteiger partial charge in [0.25, 0.3) is 0 Å². The van der Waals surface area contributed by atoms with Crippen LogP contribution >= 0.6 is 0 Å². The predicted molar refractivity (Wildman–Crippen MR) is 79.5 cm³/mol. The van der Waals surface area contributed by atoms with Crippen molar-refractivity contribution in [1.29, 1.82) is 0 Å². The molecule has 0 fully saturated rings. The second-order valence-corrected chi connectivity index (χ2v) is 5.77. The Bertz CT molecular complexity index is 446. The van der Waals surface area contributed by atoms with Gasteiger partial charge in [-0.15, -0.1) is 0 Å². The highest BCUT2D eigenvalue weighted by atomic mass is 15.0. The molecule has 1 aromatic carbocycles. The summed E-state index contributed by atoms with van der Waals surface area (Å²) in [5, 5.41) is 3.50. The number of hydrogen-bond acceptors (Lipinski definition) is 2. The lowest BCUT2D eigenvalue weighted by Gasteiger charge is -2.11. The number of amidine groups is 1. The molecule has 0 amide bonds. The fraction of sp³-hybridized carbons (Fsp3) is 0.562. The molecule has 2 nitrogen and oxygen atoms in total. The molecule has 2 heteroatoms. The minimum Gasteiger partial charge on any atom is -0.344 e. The van der Waals surface area contributed by atoms with Crippen LogP contribution in [0.25, 0.3) is 0 Å². The van der Waals surface area contributed by atoms with Gasteiger partial charge in [0.05, 0.1) is 6.04 Å². The molecule has 0 aliphatic carbocycles. The number of rotatable bonds is 3. The predicted octanol–water partition coefficient (Wildman–Crippen LogP) is 4.32. The quantitative estimate of drug-likeness (QED) is 0.841. The van der Waals surface area contributed by atoms with Crippen molar-refractivity contribution in [2.45, 2.75) is 53.0 Å². The zero-order chi connectivity index (χ0) is 13.1. The average Bonchev–Trinajstić information content (AvgIpc) is 2.71. The second-order valence-electron chi connectivity index (χ2n) is 5.77. The summed E-state index contributed by atoms with van der Waals surface area (Å²) in [4.78, 5) is 4.80. The molecule has 1 N–H and O–H groups in total. The minimum absolute atomic E-state index is 0.526. The van der Waals surface area contributed by atoms with Gasteiger partial charge in [-0.25, -0.2) is 0 Å². The molecule has 0 spiro atoms. The highest BCUT2D eigenvalue weighted by Crippen LogP contribution is 2.23. The molecule has 1 aromatic rings. The van der Waals surface area contributed by atoms with E-state index in [4.69, 9.17) is 4.99 Å². The fourth-order valence-corrected chi connectivity index (χ4v) is 2.50. The van der Waals surface area contributed by atoms with Crippen LogP contribution in [0.5, 0.6) is 0 Å². The molecule has 1 aliphatic heterocycles. The first-order chi connectivity index (χ1) is 8.56. The van der Waals surface area contributed by atoms with Gasteiger partial charge in [-0.3, -0.25) is 4.99 Å². The zero-order valence-corrected chi connectivity index (χ0v) is 12.0. The van der Waals surface area contributed by atoms with Crippen LogP contribution in [0.3, 0.4) is 0 Å². The molecule has 0 saturated carbocycles. The topological polar surface area (TPSA) is 24.4 Å². The van der Waals surface area contributed by atoms with Crippen molar-refractivity contribution >= 4 is 11.5 Å². The van der Waals surface area contributed by atoms with Crippen LogP contribution in [0.1, 0.15) is 44.2 Å². The van der Waals surface area contributed by atoms with Crippen molar-refractivity contribution in [1.82, 2.24) is 0 Å². The third-order valence-electron chi connectivity index (χ3n) is 3.68. The van der Waals surface area contributed by atoms with Gasteiger partial charge in [-0.05, 0) is 49.8 Å². The Balaban J connectivity index is 2.04. The fourth-order valence-electron chi connectivity index (χ4n) is 2.50. The molecule has 0 unspecified atom stereocenters. The summed E-state index contributed by atoms with van der Waals surface area (Å²) in [5.41, 5.74) is 3.86. The van der Waals surface area contributed by atoms with E-state index in [1.165, 1.54) is 29.7 Å². The van der Waals surface area contributed by atoms with Crippen molar-refractivity contribution in [3.05, 3.63) is 29.3 Å². The van der Waals surface area contributed by atoms with Crippen LogP contribution in [-0.4, -0.2) is 11.9 Å². The Morgan fingerprint density at radius 2 is 2.11 bits per heavy atom. The first-order valence-electron chi connectivity index (χ1n) is 6.96. The van der Waals surface area contributed by atoms with Crippen molar-refractivity contribution in [3.8, 4) is 0 Å². The minimum atomic E-state index is 0.526. The number of aliphatic imine (C=N–C) groups is 1. The molecular weight excluding hydrogens is 220 g/mol. The Morgan fingerprint density at radius 1 is 1.33 bits per heavy atom. The molecule has 0 radical (unpaired) electrons. The number of nitrogens with one attached hydrogen (secondary N) is 1. The van der Waals surface area contributed by atoms with Crippen LogP contribution in [0.2, 0.25) is 0 Å². The molecular formula is C16H24N2. The van der Waals surface area contributed by atoms with E-state index in [9.17, 15) is 0 Å². The molecule has 98 valence electrons. The van der Waals surface area contributed by atoms with Gasteiger partial charge in [0, 0.05) is 12.1 Å². The zero-order valence-electron chi connectivity index (χ0n) is 12.0. The molecule has 2 rings (SSSR count). The summed E-state index contributed by atoms with van der Waals surface area (Å²) in [6, 6.07) is 6.92. The van der Waals surface area contributed by atoms with E-state index >= 15 is 0 Å². The van der Waals surface area contributed by atoms with Gasteiger partial charge in [0.15, 0.2) is 0 Å². The third-order valence-corrected chi connectivity index (χ3v) is 3.68. The number of benzene rings is 1. The lowest BCUT2D eigenvalue weighted by molar-refractivity contribution is 0.496. The lowest BCUT2D eigenvalue weighted by Crippen LogP contribution is -2.10. The summed E-state index contributed by atoms with van der Waals surface area (Å²) in [6.07, 6.45) is 3.49. The SMILES string of the molecule is Cc1cccc(NC2=N[C@@H](CC(C)C)CC2)c1C. The molecule has 1 aliphatic rings. The number of anilines is 1. The standard InChI is InChI=1S/C16H24N2/c1-11(2)10-14-8-9-16(17-14)18-15-7-5-6-12(3)13(15)4/h5-7,11,14H,8-10H2,1-4H3,(H,17,18)/t14-/m1/s1. The van der Waals surface area contributed by atoms with E-state index in [2.05, 4.69) is 51.2 Å². The van der Waals surface area contributed by atoms with Gasteiger partial charge >= 0.3 is 0 Å². The summed E-state index contributed by atoms with van der Waals surface area (Å²) in [7, 11) is 0. The Hall–Kier alpha value is -1.31. The van der Waals surface area contributed by atoms with Gasteiger partial charge in [-0.1, -0.05) is 26.0 Å². The Labute approximate surface area is 111 Å². The molecule has 1 atom stereocenters. The van der Waals surface area contributed by atoms with Gasteiger partial charge in [0.1, 0.15) is 5.84 Å². The maximum atomic E-state index is 4.80. The summed E-state index contributed by atoms with van der Waals surface area (Å²) >= 11 is 0. The van der Waals surface area contributed by atoms with E-state index < -0.39 is 0 Å². The Kier molecular flexibility index (Phi) is 4.05.